The summed E-state index contributed by atoms with van der Waals surface area (Å²) in [5, 5.41) is 6.04. The van der Waals surface area contributed by atoms with Gasteiger partial charge in [-0.3, -0.25) is 4.79 Å². The second-order valence-electron chi connectivity index (χ2n) is 4.54. The molecule has 1 aliphatic heterocycles. The molecular formula is C12H16N4O. The molecule has 0 radical (unpaired) electrons. The van der Waals surface area contributed by atoms with Crippen molar-refractivity contribution in [3.63, 3.8) is 0 Å². The van der Waals surface area contributed by atoms with Gasteiger partial charge >= 0.3 is 0 Å². The Morgan fingerprint density at radius 1 is 1.59 bits per heavy atom. The van der Waals surface area contributed by atoms with E-state index >= 15 is 0 Å². The number of hydrogen-bond donors (Lipinski definition) is 2. The Labute approximate surface area is 100 Å². The van der Waals surface area contributed by atoms with Crippen molar-refractivity contribution in [2.24, 2.45) is 0 Å². The van der Waals surface area contributed by atoms with Crippen LogP contribution in [-0.2, 0) is 0 Å². The number of carbonyl (C=O) groups excluding carboxylic acids is 1. The van der Waals surface area contributed by atoms with E-state index in [2.05, 4.69) is 20.5 Å². The highest BCUT2D eigenvalue weighted by molar-refractivity contribution is 5.92. The molecule has 0 unspecified atom stereocenters. The number of nitrogens with one attached hydrogen (secondary N) is 2. The van der Waals surface area contributed by atoms with Gasteiger partial charge in [0, 0.05) is 32.2 Å². The molecule has 3 rings (SSSR count). The molecule has 2 heterocycles. The highest BCUT2D eigenvalue weighted by Crippen LogP contribution is 2.33. The highest BCUT2D eigenvalue weighted by Gasteiger charge is 2.44. The average molecular weight is 232 g/mol. The van der Waals surface area contributed by atoms with E-state index in [0.717, 1.165) is 18.8 Å². The van der Waals surface area contributed by atoms with Crippen molar-refractivity contribution in [1.29, 1.82) is 0 Å². The van der Waals surface area contributed by atoms with Gasteiger partial charge in [-0.25, -0.2) is 4.98 Å². The van der Waals surface area contributed by atoms with Gasteiger partial charge < -0.3 is 15.5 Å². The van der Waals surface area contributed by atoms with Crippen LogP contribution in [0, 0.1) is 0 Å². The van der Waals surface area contributed by atoms with Crippen molar-refractivity contribution in [3.8, 4) is 0 Å². The number of hydrogen-bond acceptors (Lipinski definition) is 4. The summed E-state index contributed by atoms with van der Waals surface area (Å²) in [5.41, 5.74) is 1.59. The lowest BCUT2D eigenvalue weighted by Gasteiger charge is -2.29. The van der Waals surface area contributed by atoms with Crippen LogP contribution in [0.15, 0.2) is 18.3 Å². The van der Waals surface area contributed by atoms with E-state index in [0.29, 0.717) is 17.8 Å². The molecule has 2 N–H and O–H groups in total. The van der Waals surface area contributed by atoms with Crippen molar-refractivity contribution >= 4 is 11.6 Å². The van der Waals surface area contributed by atoms with Crippen LogP contribution in [0.4, 0.5) is 5.69 Å². The predicted octanol–water partition coefficient (Wildman–Crippen LogP) is -0.00830. The summed E-state index contributed by atoms with van der Waals surface area (Å²) in [7, 11) is 1.61. The number of piperazine rings is 1. The topological polar surface area (TPSA) is 57.3 Å². The largest absolute Gasteiger partial charge is 0.364 e. The molecule has 5 heteroatoms. The maximum atomic E-state index is 11.4. The van der Waals surface area contributed by atoms with Crippen LogP contribution in [0.5, 0.6) is 0 Å². The Hall–Kier alpha value is -1.62. The average Bonchev–Trinajstić information content (AvgIpc) is 3.17. The molecule has 2 fully saturated rings. The van der Waals surface area contributed by atoms with E-state index in [1.807, 2.05) is 6.07 Å². The Kier molecular flexibility index (Phi) is 2.48. The number of carbonyl (C=O) groups is 1. The molecule has 90 valence electrons. The summed E-state index contributed by atoms with van der Waals surface area (Å²) in [6.07, 6.45) is 3.02. The molecule has 2 aliphatic rings. The third-order valence-corrected chi connectivity index (χ3v) is 3.46. The molecule has 1 aliphatic carbocycles. The summed E-state index contributed by atoms with van der Waals surface area (Å²) < 4.78 is 0. The Bertz CT molecular complexity index is 431. The molecule has 2 atom stereocenters. The van der Waals surface area contributed by atoms with Crippen LogP contribution >= 0.6 is 0 Å². The zero-order valence-electron chi connectivity index (χ0n) is 9.81. The molecule has 0 spiro atoms. The number of nitrogens with zero attached hydrogens (tertiary/aromatic N) is 2. The van der Waals surface area contributed by atoms with Crippen molar-refractivity contribution in [1.82, 2.24) is 15.6 Å². The van der Waals surface area contributed by atoms with Crippen LogP contribution < -0.4 is 15.5 Å². The van der Waals surface area contributed by atoms with Gasteiger partial charge in [-0.1, -0.05) is 0 Å². The number of aromatic nitrogens is 1. The summed E-state index contributed by atoms with van der Waals surface area (Å²) in [6.45, 7) is 2.04. The number of anilines is 1. The maximum absolute atomic E-state index is 11.4. The molecule has 0 bridgehead atoms. The van der Waals surface area contributed by atoms with Gasteiger partial charge in [0.25, 0.3) is 5.91 Å². The van der Waals surface area contributed by atoms with Gasteiger partial charge in [0.15, 0.2) is 0 Å². The molecule has 1 saturated carbocycles. The first kappa shape index (κ1) is 10.5. The minimum atomic E-state index is -0.138. The smallest absolute Gasteiger partial charge is 0.269 e. The second kappa shape index (κ2) is 4.00. The fourth-order valence-electron chi connectivity index (χ4n) is 2.42. The van der Waals surface area contributed by atoms with Crippen LogP contribution in [0.1, 0.15) is 16.9 Å². The van der Waals surface area contributed by atoms with Gasteiger partial charge in [-0.05, 0) is 18.6 Å². The Morgan fingerprint density at radius 2 is 2.47 bits per heavy atom. The molecule has 1 saturated heterocycles. The number of fused-ring (bicyclic) bond motifs is 1. The van der Waals surface area contributed by atoms with Gasteiger partial charge in [0.2, 0.25) is 0 Å². The first-order valence-corrected chi connectivity index (χ1v) is 5.98. The highest BCUT2D eigenvalue weighted by atomic mass is 16.1. The van der Waals surface area contributed by atoms with Gasteiger partial charge in [0.05, 0.1) is 11.9 Å². The second-order valence-corrected chi connectivity index (χ2v) is 4.54. The number of rotatable bonds is 2. The standard InChI is InChI=1S/C12H16N4O/c1-13-12(17)9-3-2-8(7-15-9)16-5-4-14-10-6-11(10)16/h2-3,7,10-11,14H,4-6H2,1H3,(H,13,17)/t10-,11+/m0/s1. The molecule has 1 amide bonds. The quantitative estimate of drug-likeness (QED) is 0.753. The third kappa shape index (κ3) is 1.86. The van der Waals surface area contributed by atoms with Gasteiger partial charge in [-0.15, -0.1) is 0 Å². The lowest BCUT2D eigenvalue weighted by Crippen LogP contribution is -2.43. The molecule has 1 aromatic heterocycles. The number of pyridine rings is 1. The van der Waals surface area contributed by atoms with Gasteiger partial charge in [0.1, 0.15) is 5.69 Å². The maximum Gasteiger partial charge on any atom is 0.269 e. The molecule has 5 nitrogen and oxygen atoms in total. The number of amides is 1. The first-order chi connectivity index (χ1) is 8.29. The zero-order valence-corrected chi connectivity index (χ0v) is 9.81. The third-order valence-electron chi connectivity index (χ3n) is 3.46. The summed E-state index contributed by atoms with van der Waals surface area (Å²) in [6, 6.07) is 5.05. The van der Waals surface area contributed by atoms with Crippen LogP contribution in [0.3, 0.4) is 0 Å². The summed E-state index contributed by atoms with van der Waals surface area (Å²) in [4.78, 5) is 18.0. The predicted molar refractivity (Wildman–Crippen MR) is 65.2 cm³/mol. The fourth-order valence-corrected chi connectivity index (χ4v) is 2.42. The first-order valence-electron chi connectivity index (χ1n) is 5.98. The van der Waals surface area contributed by atoms with E-state index in [9.17, 15) is 4.79 Å². The molecule has 1 aromatic rings. The van der Waals surface area contributed by atoms with Crippen LogP contribution in [0.2, 0.25) is 0 Å². The van der Waals surface area contributed by atoms with E-state index in [1.54, 1.807) is 19.3 Å². The Morgan fingerprint density at radius 3 is 3.18 bits per heavy atom. The van der Waals surface area contributed by atoms with Gasteiger partial charge in [-0.2, -0.15) is 0 Å². The minimum Gasteiger partial charge on any atom is -0.364 e. The van der Waals surface area contributed by atoms with E-state index in [4.69, 9.17) is 0 Å². The van der Waals surface area contributed by atoms with Crippen LogP contribution in [0.25, 0.3) is 0 Å². The van der Waals surface area contributed by atoms with E-state index < -0.39 is 0 Å². The SMILES string of the molecule is CNC(=O)c1ccc(N2CCN[C@H]3C[C@H]32)cn1. The normalized spacial score (nSPS) is 26.3. The minimum absolute atomic E-state index is 0.138. The lowest BCUT2D eigenvalue weighted by atomic mass is 10.2. The van der Waals surface area contributed by atoms with Crippen molar-refractivity contribution < 1.29 is 4.79 Å². The van der Waals surface area contributed by atoms with E-state index in [1.165, 1.54) is 6.42 Å². The molecule has 17 heavy (non-hydrogen) atoms. The van der Waals surface area contributed by atoms with Crippen LogP contribution in [-0.4, -0.2) is 43.1 Å². The summed E-state index contributed by atoms with van der Waals surface area (Å²) >= 11 is 0. The van der Waals surface area contributed by atoms with E-state index in [-0.39, 0.29) is 5.91 Å². The van der Waals surface area contributed by atoms with Crippen molar-refractivity contribution in [3.05, 3.63) is 24.0 Å². The molecular weight excluding hydrogens is 216 g/mol. The lowest BCUT2D eigenvalue weighted by molar-refractivity contribution is 0.0958. The summed E-state index contributed by atoms with van der Waals surface area (Å²) in [5.74, 6) is -0.138. The monoisotopic (exact) mass is 232 g/mol. The fraction of sp³-hybridized carbons (Fsp3) is 0.500. The zero-order chi connectivity index (χ0) is 11.8. The Balaban J connectivity index is 1.77. The van der Waals surface area contributed by atoms with Crippen molar-refractivity contribution in [2.45, 2.75) is 18.5 Å². The molecule has 0 aromatic carbocycles. The van der Waals surface area contributed by atoms with Crippen molar-refractivity contribution in [2.75, 3.05) is 25.0 Å².